The van der Waals surface area contributed by atoms with Crippen molar-refractivity contribution >= 4 is 28.1 Å². The van der Waals surface area contributed by atoms with Gasteiger partial charge in [-0.15, -0.1) is 0 Å². The molecular weight excluding hydrogens is 480 g/mol. The number of hydrogen-bond donors (Lipinski definition) is 1. The molecule has 3 rings (SSSR count). The summed E-state index contributed by atoms with van der Waals surface area (Å²) in [5.41, 5.74) is 0.949. The summed E-state index contributed by atoms with van der Waals surface area (Å²) >= 11 is 1.49. The van der Waals surface area contributed by atoms with E-state index in [0.717, 1.165) is 10.5 Å². The number of ether oxygens (including phenoxy) is 4. The number of carbonyl (C=O) groups is 1. The van der Waals surface area contributed by atoms with Crippen LogP contribution < -0.4 is 14.2 Å². The van der Waals surface area contributed by atoms with Crippen LogP contribution in [0.2, 0.25) is 0 Å². The summed E-state index contributed by atoms with van der Waals surface area (Å²) in [6.07, 6.45) is 0. The highest BCUT2D eigenvalue weighted by Crippen LogP contribution is 2.71. The second-order valence-electron chi connectivity index (χ2n) is 7.46. The minimum Gasteiger partial charge on any atom is -0.493 e. The molecule has 188 valence electrons. The van der Waals surface area contributed by atoms with Crippen LogP contribution in [0.3, 0.4) is 0 Å². The Kier molecular flexibility index (Phi) is 8.83. The van der Waals surface area contributed by atoms with E-state index in [0.29, 0.717) is 34.6 Å². The van der Waals surface area contributed by atoms with Crippen LogP contribution in [0.1, 0.15) is 5.56 Å². The Morgan fingerprint density at radius 1 is 1.06 bits per heavy atom. The summed E-state index contributed by atoms with van der Waals surface area (Å²) in [6.45, 7) is 0.327. The van der Waals surface area contributed by atoms with Crippen LogP contribution in [0.5, 0.6) is 17.2 Å². The Morgan fingerprint density at radius 3 is 2.15 bits per heavy atom. The van der Waals surface area contributed by atoms with Gasteiger partial charge in [-0.3, -0.25) is 5.21 Å². The molecule has 1 heterocycles. The maximum Gasteiger partial charge on any atom is 0.344 e. The van der Waals surface area contributed by atoms with Gasteiger partial charge in [-0.05, 0) is 17.7 Å². The molecule has 1 aliphatic heterocycles. The lowest BCUT2D eigenvalue weighted by Gasteiger charge is -2.39. The predicted molar refractivity (Wildman–Crippen MR) is 133 cm³/mol. The number of thioether (sulfide) groups is 1. The standard InChI is InChI=1S/C23H32N2O7S2/c1-24(27)22(26)25(14-16-10-8-7-9-11-16)20-15-34(32-6,23(31-5)33-20)17-12-18(28-2)21(30-4)19(13-17)29-3/h7-13,20,23,27H,14-15H2,1-6H3. The zero-order valence-corrected chi connectivity index (χ0v) is 21.9. The van der Waals surface area contributed by atoms with Crippen molar-refractivity contribution < 1.29 is 33.1 Å². The summed E-state index contributed by atoms with van der Waals surface area (Å²) in [7, 11) is 7.20. The van der Waals surface area contributed by atoms with Crippen molar-refractivity contribution in [2.45, 2.75) is 21.6 Å². The molecule has 3 unspecified atom stereocenters. The summed E-state index contributed by atoms with van der Waals surface area (Å²) in [6, 6.07) is 12.9. The van der Waals surface area contributed by atoms with Gasteiger partial charge in [0, 0.05) is 38.5 Å². The van der Waals surface area contributed by atoms with E-state index in [4.69, 9.17) is 23.1 Å². The second-order valence-corrected chi connectivity index (χ2v) is 12.0. The largest absolute Gasteiger partial charge is 0.493 e. The highest BCUT2D eigenvalue weighted by molar-refractivity contribution is 8.39. The van der Waals surface area contributed by atoms with Crippen molar-refractivity contribution in [1.29, 1.82) is 0 Å². The number of benzene rings is 2. The molecule has 34 heavy (non-hydrogen) atoms. The number of hydrogen-bond acceptors (Lipinski definition) is 8. The van der Waals surface area contributed by atoms with Gasteiger partial charge < -0.3 is 28.0 Å². The minimum absolute atomic E-state index is 0.318. The van der Waals surface area contributed by atoms with E-state index in [1.54, 1.807) is 40.4 Å². The van der Waals surface area contributed by atoms with Gasteiger partial charge in [-0.25, -0.2) is 9.86 Å². The van der Waals surface area contributed by atoms with Crippen LogP contribution in [0, 0.1) is 0 Å². The predicted octanol–water partition coefficient (Wildman–Crippen LogP) is 4.38. The Balaban J connectivity index is 2.05. The molecule has 2 aromatic rings. The lowest BCUT2D eigenvalue weighted by Crippen LogP contribution is -2.44. The summed E-state index contributed by atoms with van der Waals surface area (Å²) < 4.78 is 28.3. The Bertz CT molecular complexity index is 954. The highest BCUT2D eigenvalue weighted by atomic mass is 32.3. The van der Waals surface area contributed by atoms with Crippen LogP contribution >= 0.6 is 22.1 Å². The van der Waals surface area contributed by atoms with Crippen molar-refractivity contribution in [2.75, 3.05) is 48.3 Å². The van der Waals surface area contributed by atoms with Gasteiger partial charge in [0.25, 0.3) is 0 Å². The van der Waals surface area contributed by atoms with Gasteiger partial charge >= 0.3 is 6.03 Å². The number of urea groups is 1. The van der Waals surface area contributed by atoms with Crippen molar-refractivity contribution in [3.8, 4) is 17.2 Å². The number of nitrogens with zero attached hydrogens (tertiary/aromatic N) is 2. The van der Waals surface area contributed by atoms with Gasteiger partial charge in [-0.1, -0.05) is 52.4 Å². The monoisotopic (exact) mass is 512 g/mol. The third kappa shape index (κ3) is 5.03. The van der Waals surface area contributed by atoms with E-state index in [1.165, 1.54) is 18.8 Å². The van der Waals surface area contributed by atoms with Crippen LogP contribution in [0.4, 0.5) is 4.79 Å². The molecule has 0 bridgehead atoms. The molecule has 2 aromatic carbocycles. The first-order valence-corrected chi connectivity index (χ1v) is 13.2. The lowest BCUT2D eigenvalue weighted by atomic mass is 10.2. The van der Waals surface area contributed by atoms with E-state index < -0.39 is 16.3 Å². The molecule has 0 spiro atoms. The molecule has 1 saturated heterocycles. The average Bonchev–Trinajstić information content (AvgIpc) is 3.26. The maximum atomic E-state index is 13.0. The molecule has 0 saturated carbocycles. The normalized spacial score (nSPS) is 23.6. The smallest absolute Gasteiger partial charge is 0.344 e. The Morgan fingerprint density at radius 2 is 1.68 bits per heavy atom. The quantitative estimate of drug-likeness (QED) is 0.391. The van der Waals surface area contributed by atoms with Crippen molar-refractivity contribution in [3.63, 3.8) is 0 Å². The summed E-state index contributed by atoms with van der Waals surface area (Å²) in [4.78, 5) is 15.5. The molecule has 1 aliphatic rings. The van der Waals surface area contributed by atoms with Crippen molar-refractivity contribution in [3.05, 3.63) is 48.0 Å². The molecule has 0 aliphatic carbocycles. The summed E-state index contributed by atoms with van der Waals surface area (Å²) in [5.74, 6) is 1.99. The molecule has 11 heteroatoms. The number of methoxy groups -OCH3 is 4. The van der Waals surface area contributed by atoms with Crippen LogP contribution in [-0.4, -0.2) is 79.7 Å². The number of rotatable bonds is 9. The van der Waals surface area contributed by atoms with Crippen molar-refractivity contribution in [2.24, 2.45) is 0 Å². The topological polar surface area (TPSA) is 89.9 Å². The zero-order chi connectivity index (χ0) is 24.9. The highest BCUT2D eigenvalue weighted by Gasteiger charge is 2.50. The van der Waals surface area contributed by atoms with E-state index >= 15 is 0 Å². The van der Waals surface area contributed by atoms with E-state index in [2.05, 4.69) is 0 Å². The third-order valence-corrected chi connectivity index (χ3v) is 11.4. The molecule has 3 atom stereocenters. The second kappa shape index (κ2) is 11.4. The number of hydroxylamine groups is 2. The van der Waals surface area contributed by atoms with Crippen LogP contribution in [0.25, 0.3) is 0 Å². The molecule has 1 N–H and O–H groups in total. The fraction of sp³-hybridized carbons (Fsp3) is 0.435. The molecule has 1 fully saturated rings. The molecular formula is C23H32N2O7S2. The average molecular weight is 513 g/mol. The van der Waals surface area contributed by atoms with Gasteiger partial charge in [0.15, 0.2) is 16.3 Å². The van der Waals surface area contributed by atoms with Crippen molar-refractivity contribution in [1.82, 2.24) is 9.96 Å². The fourth-order valence-electron chi connectivity index (χ4n) is 3.89. The van der Waals surface area contributed by atoms with Crippen LogP contribution in [0.15, 0.2) is 47.4 Å². The maximum absolute atomic E-state index is 13.0. The first-order valence-electron chi connectivity index (χ1n) is 10.5. The van der Waals surface area contributed by atoms with Gasteiger partial charge in [0.05, 0.1) is 26.7 Å². The lowest BCUT2D eigenvalue weighted by molar-refractivity contribution is -0.0350. The van der Waals surface area contributed by atoms with E-state index in [9.17, 15) is 10.0 Å². The van der Waals surface area contributed by atoms with E-state index in [-0.39, 0.29) is 10.1 Å². The molecule has 0 aromatic heterocycles. The van der Waals surface area contributed by atoms with Gasteiger partial charge in [-0.2, -0.15) is 0 Å². The SMILES string of the molecule is COc1cc(S2(OC)CC(N(Cc3ccccc3)C(=O)N(C)O)SC2OC)cc(OC)c1OC. The van der Waals surface area contributed by atoms with E-state index in [1.807, 2.05) is 42.5 Å². The molecule has 9 nitrogen and oxygen atoms in total. The minimum atomic E-state index is -2.07. The Hall–Kier alpha value is -2.31. The third-order valence-electron chi connectivity index (χ3n) is 5.56. The van der Waals surface area contributed by atoms with Gasteiger partial charge in [0.1, 0.15) is 0 Å². The zero-order valence-electron chi connectivity index (χ0n) is 20.2. The fourth-order valence-corrected chi connectivity index (χ4v) is 9.98. The number of amides is 2. The van der Waals surface area contributed by atoms with Gasteiger partial charge in [0.2, 0.25) is 5.75 Å². The first kappa shape index (κ1) is 26.3. The first-order chi connectivity index (χ1) is 16.3. The molecule has 0 radical (unpaired) electrons. The summed E-state index contributed by atoms with van der Waals surface area (Å²) in [5, 5.41) is 10.3. The molecule has 2 amide bonds. The van der Waals surface area contributed by atoms with Crippen LogP contribution in [-0.2, 0) is 15.5 Å². The number of carbonyl (C=O) groups excluding carboxylic acids is 1. The Labute approximate surface area is 206 Å².